The lowest BCUT2D eigenvalue weighted by Gasteiger charge is -2.14. The summed E-state index contributed by atoms with van der Waals surface area (Å²) in [4.78, 5) is 0. The zero-order chi connectivity index (χ0) is 12.9. The third-order valence-electron chi connectivity index (χ3n) is 3.59. The Labute approximate surface area is 111 Å². The summed E-state index contributed by atoms with van der Waals surface area (Å²) in [6, 6.07) is 2.26. The van der Waals surface area contributed by atoms with Gasteiger partial charge in [0.1, 0.15) is 17.3 Å². The highest BCUT2D eigenvalue weighted by Crippen LogP contribution is 2.40. The highest BCUT2D eigenvalue weighted by atomic mass is 32.1. The number of nitrogens with zero attached hydrogens (tertiary/aromatic N) is 2. The molecule has 0 radical (unpaired) electrons. The fourth-order valence-corrected chi connectivity index (χ4v) is 2.82. The molecular weight excluding hydrogens is 246 g/mol. The van der Waals surface area contributed by atoms with Gasteiger partial charge in [0, 0.05) is 11.5 Å². The van der Waals surface area contributed by atoms with Gasteiger partial charge in [-0.15, -0.1) is 0 Å². The number of hydrogen-bond acceptors (Lipinski definition) is 3. The lowest BCUT2D eigenvalue weighted by molar-refractivity contribution is 0.492. The highest BCUT2D eigenvalue weighted by molar-refractivity contribution is 7.71. The third-order valence-corrected chi connectivity index (χ3v) is 3.88. The van der Waals surface area contributed by atoms with E-state index in [4.69, 9.17) is 16.6 Å². The van der Waals surface area contributed by atoms with Crippen molar-refractivity contribution < 1.29 is 4.42 Å². The fourth-order valence-electron chi connectivity index (χ4n) is 2.53. The molecule has 0 aliphatic heterocycles. The Morgan fingerprint density at radius 2 is 2.22 bits per heavy atom. The summed E-state index contributed by atoms with van der Waals surface area (Å²) in [7, 11) is 0. The topological polar surface area (TPSA) is 46.8 Å². The zero-order valence-electron chi connectivity index (χ0n) is 10.9. The second kappa shape index (κ2) is 4.09. The minimum atomic E-state index is 0.171. The molecule has 3 rings (SSSR count). The Bertz CT molecular complexity index is 633. The molecule has 0 amide bonds. The molecule has 2 heterocycles. The largest absolute Gasteiger partial charge is 0.466 e. The Hall–Kier alpha value is -1.36. The summed E-state index contributed by atoms with van der Waals surface area (Å²) in [5.41, 5.74) is 1.19. The number of rotatable bonds is 3. The average Bonchev–Trinajstić information content (AvgIpc) is 3.01. The number of aryl methyl sites for hydroxylation is 2. The van der Waals surface area contributed by atoms with E-state index in [-0.39, 0.29) is 6.04 Å². The van der Waals surface area contributed by atoms with E-state index < -0.39 is 0 Å². The first-order valence-electron chi connectivity index (χ1n) is 6.31. The predicted octanol–water partition coefficient (Wildman–Crippen LogP) is 3.64. The van der Waals surface area contributed by atoms with Gasteiger partial charge in [-0.2, -0.15) is 5.10 Å². The maximum Gasteiger partial charge on any atom is 0.195 e. The van der Waals surface area contributed by atoms with E-state index in [0.717, 1.165) is 17.3 Å². The van der Waals surface area contributed by atoms with Crippen LogP contribution >= 0.6 is 12.2 Å². The molecule has 1 saturated carbocycles. The molecular formula is C13H17N3OS. The Morgan fingerprint density at radius 3 is 2.78 bits per heavy atom. The van der Waals surface area contributed by atoms with Crippen molar-refractivity contribution >= 4 is 12.2 Å². The minimum Gasteiger partial charge on any atom is -0.466 e. The Morgan fingerprint density at radius 1 is 1.50 bits per heavy atom. The molecule has 5 heteroatoms. The van der Waals surface area contributed by atoms with Gasteiger partial charge in [0.15, 0.2) is 4.77 Å². The van der Waals surface area contributed by atoms with Crippen molar-refractivity contribution in [1.29, 1.82) is 0 Å². The van der Waals surface area contributed by atoms with Crippen LogP contribution in [0.1, 0.15) is 54.6 Å². The van der Waals surface area contributed by atoms with Crippen molar-refractivity contribution in [2.45, 2.75) is 45.6 Å². The molecule has 1 unspecified atom stereocenters. The summed E-state index contributed by atoms with van der Waals surface area (Å²) in [5, 5.41) is 7.30. The number of furan rings is 1. The number of aromatic nitrogens is 3. The number of hydrogen-bond donors (Lipinski definition) is 1. The molecule has 2 aromatic rings. The van der Waals surface area contributed by atoms with E-state index in [1.807, 2.05) is 13.8 Å². The number of nitrogens with one attached hydrogen (secondary N) is 1. The van der Waals surface area contributed by atoms with E-state index in [1.165, 1.54) is 18.4 Å². The molecule has 0 bridgehead atoms. The van der Waals surface area contributed by atoms with E-state index in [2.05, 4.69) is 27.8 Å². The highest BCUT2D eigenvalue weighted by Gasteiger charge is 2.31. The smallest absolute Gasteiger partial charge is 0.195 e. The molecule has 0 aromatic carbocycles. The molecule has 1 aliphatic rings. The zero-order valence-corrected chi connectivity index (χ0v) is 11.7. The number of aromatic amines is 1. The van der Waals surface area contributed by atoms with Gasteiger partial charge in [-0.1, -0.05) is 0 Å². The van der Waals surface area contributed by atoms with Crippen LogP contribution < -0.4 is 0 Å². The summed E-state index contributed by atoms with van der Waals surface area (Å²) < 4.78 is 8.44. The summed E-state index contributed by atoms with van der Waals surface area (Å²) in [6.45, 7) is 6.12. The summed E-state index contributed by atoms with van der Waals surface area (Å²) in [6.07, 6.45) is 2.44. The molecule has 1 atom stereocenters. The van der Waals surface area contributed by atoms with Crippen molar-refractivity contribution in [1.82, 2.24) is 14.8 Å². The molecule has 18 heavy (non-hydrogen) atoms. The van der Waals surface area contributed by atoms with E-state index >= 15 is 0 Å². The third kappa shape index (κ3) is 1.82. The van der Waals surface area contributed by atoms with Gasteiger partial charge < -0.3 is 4.42 Å². The van der Waals surface area contributed by atoms with Crippen LogP contribution in [0.3, 0.4) is 0 Å². The van der Waals surface area contributed by atoms with E-state index in [9.17, 15) is 0 Å². The van der Waals surface area contributed by atoms with Crippen molar-refractivity contribution in [3.63, 3.8) is 0 Å². The van der Waals surface area contributed by atoms with Crippen LogP contribution in [0.25, 0.3) is 0 Å². The normalized spacial score (nSPS) is 17.1. The van der Waals surface area contributed by atoms with Crippen LogP contribution in [0.2, 0.25) is 0 Å². The monoisotopic (exact) mass is 263 g/mol. The van der Waals surface area contributed by atoms with E-state index in [1.54, 1.807) is 0 Å². The van der Waals surface area contributed by atoms with Crippen LogP contribution in [0.15, 0.2) is 10.5 Å². The van der Waals surface area contributed by atoms with Crippen LogP contribution in [-0.4, -0.2) is 14.8 Å². The lowest BCUT2D eigenvalue weighted by atomic mass is 10.1. The second-order valence-electron chi connectivity index (χ2n) is 5.08. The van der Waals surface area contributed by atoms with Gasteiger partial charge in [0.2, 0.25) is 0 Å². The van der Waals surface area contributed by atoms with Crippen molar-refractivity contribution in [3.8, 4) is 0 Å². The molecule has 0 spiro atoms. The SMILES string of the molecule is Cc1cc(C(C)n2c(C3CC3)n[nH]c2=S)c(C)o1. The van der Waals surface area contributed by atoms with Crippen molar-refractivity contribution in [2.75, 3.05) is 0 Å². The van der Waals surface area contributed by atoms with Gasteiger partial charge in [-0.25, -0.2) is 0 Å². The molecule has 96 valence electrons. The van der Waals surface area contributed by atoms with Gasteiger partial charge in [-0.3, -0.25) is 9.67 Å². The maximum atomic E-state index is 5.61. The van der Waals surface area contributed by atoms with Gasteiger partial charge in [0.25, 0.3) is 0 Å². The van der Waals surface area contributed by atoms with Crippen LogP contribution in [-0.2, 0) is 0 Å². The second-order valence-corrected chi connectivity index (χ2v) is 5.46. The molecule has 1 aliphatic carbocycles. The Kier molecular flexibility index (Phi) is 2.66. The van der Waals surface area contributed by atoms with Crippen LogP contribution in [0.5, 0.6) is 0 Å². The van der Waals surface area contributed by atoms with Crippen LogP contribution in [0, 0.1) is 18.6 Å². The first-order chi connectivity index (χ1) is 8.58. The maximum absolute atomic E-state index is 5.61. The molecule has 4 nitrogen and oxygen atoms in total. The van der Waals surface area contributed by atoms with Gasteiger partial charge in [0.05, 0.1) is 6.04 Å². The first kappa shape index (κ1) is 11.7. The van der Waals surface area contributed by atoms with Crippen LogP contribution in [0.4, 0.5) is 0 Å². The molecule has 1 N–H and O–H groups in total. The predicted molar refractivity (Wildman–Crippen MR) is 71.4 cm³/mol. The van der Waals surface area contributed by atoms with Gasteiger partial charge in [-0.05, 0) is 51.9 Å². The fraction of sp³-hybridized carbons (Fsp3) is 0.538. The van der Waals surface area contributed by atoms with Gasteiger partial charge >= 0.3 is 0 Å². The molecule has 1 fully saturated rings. The average molecular weight is 263 g/mol. The minimum absolute atomic E-state index is 0.171. The summed E-state index contributed by atoms with van der Waals surface area (Å²) >= 11 is 5.36. The standard InChI is InChI=1S/C13H17N3OS/c1-7-6-11(9(3)17-7)8(2)16-12(10-4-5-10)14-15-13(16)18/h6,8,10H,4-5H2,1-3H3,(H,15,18). The molecule has 0 saturated heterocycles. The summed E-state index contributed by atoms with van der Waals surface area (Å²) in [5.74, 6) is 3.57. The molecule has 2 aromatic heterocycles. The first-order valence-corrected chi connectivity index (χ1v) is 6.72. The number of H-pyrrole nitrogens is 1. The quantitative estimate of drug-likeness (QED) is 0.860. The van der Waals surface area contributed by atoms with Crippen molar-refractivity contribution in [2.24, 2.45) is 0 Å². The lowest BCUT2D eigenvalue weighted by Crippen LogP contribution is -2.10. The van der Waals surface area contributed by atoms with Crippen molar-refractivity contribution in [3.05, 3.63) is 33.7 Å². The Balaban J connectivity index is 2.06. The van der Waals surface area contributed by atoms with E-state index in [0.29, 0.717) is 10.7 Å².